The summed E-state index contributed by atoms with van der Waals surface area (Å²) < 4.78 is 11.3. The zero-order chi connectivity index (χ0) is 89.6. The number of nitro benzene ring substituents is 3. The minimum atomic E-state index is -0.492. The molecule has 128 heavy (non-hydrogen) atoms. The van der Waals surface area contributed by atoms with E-state index in [2.05, 4.69) is 78.7 Å². The van der Waals surface area contributed by atoms with Gasteiger partial charge in [-0.1, -0.05) is 246 Å². The first kappa shape index (κ1) is 87.5. The van der Waals surface area contributed by atoms with Gasteiger partial charge in [0.25, 0.3) is 34.8 Å². The zero-order valence-electron chi connectivity index (χ0n) is 68.9. The van der Waals surface area contributed by atoms with Crippen LogP contribution < -0.4 is 29.1 Å². The first-order valence-corrected chi connectivity index (χ1v) is 43.0. The van der Waals surface area contributed by atoms with Crippen molar-refractivity contribution in [2.75, 3.05) is 40.9 Å². The largest absolute Gasteiger partial charge is 0.497 e. The maximum atomic E-state index is 13.8. The van der Waals surface area contributed by atoms with Gasteiger partial charge in [-0.25, -0.2) is 0 Å². The lowest BCUT2D eigenvalue weighted by Gasteiger charge is -2.25. The number of fused-ring (bicyclic) bond motifs is 8. The monoisotopic (exact) mass is 1810 g/mol. The van der Waals surface area contributed by atoms with Crippen molar-refractivity contribution in [2.45, 2.75) is 49.9 Å². The number of nitro groups is 3. The molecule has 3 amide bonds. The number of benzene rings is 15. The van der Waals surface area contributed by atoms with E-state index in [9.17, 15) is 44.7 Å². The molecular formula is C104H77Cl6N7O11. The predicted octanol–water partition coefficient (Wildman–Crippen LogP) is 26.6. The average Bonchev–Trinajstić information content (AvgIpc) is 1.57. The van der Waals surface area contributed by atoms with Crippen molar-refractivity contribution >= 4 is 127 Å². The number of rotatable bonds is 12. The highest BCUT2D eigenvalue weighted by atomic mass is 35.5. The number of methoxy groups -OCH3 is 2. The number of hydrogen-bond donors (Lipinski definition) is 0. The van der Waals surface area contributed by atoms with Crippen LogP contribution in [-0.2, 0) is 26.2 Å². The van der Waals surface area contributed by atoms with Crippen molar-refractivity contribution in [1.82, 2.24) is 0 Å². The summed E-state index contributed by atoms with van der Waals surface area (Å²) in [7, 11) is 5.37. The molecule has 0 radical (unpaired) electrons. The number of hydrogen-bond acceptors (Lipinski definition) is 12. The van der Waals surface area contributed by atoms with E-state index in [1.807, 2.05) is 188 Å². The fraction of sp³-hybridized carbons (Fsp3) is 0.106. The lowest BCUT2D eigenvalue weighted by Crippen LogP contribution is -2.30. The van der Waals surface area contributed by atoms with E-state index in [4.69, 9.17) is 79.1 Å². The number of ether oxygens (including phenoxy) is 2. The van der Waals surface area contributed by atoms with Crippen molar-refractivity contribution in [3.63, 3.8) is 0 Å². The molecule has 0 aliphatic carbocycles. The van der Waals surface area contributed by atoms with E-state index in [-0.39, 0.29) is 71.5 Å². The van der Waals surface area contributed by atoms with Gasteiger partial charge in [0.05, 0.1) is 48.6 Å². The van der Waals surface area contributed by atoms with Gasteiger partial charge in [-0.05, 0) is 211 Å². The molecular weight excluding hydrogens is 1740 g/mol. The molecule has 4 aliphatic heterocycles. The van der Waals surface area contributed by atoms with Gasteiger partial charge >= 0.3 is 0 Å². The number of non-ortho nitro benzene ring substituents is 3. The molecule has 0 saturated carbocycles. The smallest absolute Gasteiger partial charge is 0.269 e. The quantitative estimate of drug-likeness (QED) is 0.0825. The second kappa shape index (κ2) is 38.5. The summed E-state index contributed by atoms with van der Waals surface area (Å²) in [5, 5.41) is 37.0. The predicted molar refractivity (Wildman–Crippen MR) is 507 cm³/mol. The molecule has 0 aromatic heterocycles. The Bertz CT molecular complexity index is 6730. The minimum Gasteiger partial charge on any atom is -0.497 e. The Morgan fingerprint density at radius 2 is 0.617 bits per heavy atom. The van der Waals surface area contributed by atoms with Crippen LogP contribution in [0.3, 0.4) is 0 Å². The van der Waals surface area contributed by atoms with E-state index in [1.165, 1.54) is 101 Å². The van der Waals surface area contributed by atoms with Crippen LogP contribution in [0.2, 0.25) is 30.1 Å². The van der Waals surface area contributed by atoms with Crippen LogP contribution >= 0.6 is 69.6 Å². The maximum Gasteiger partial charge on any atom is 0.269 e. The average molecular weight is 1810 g/mol. The van der Waals surface area contributed by atoms with Crippen molar-refractivity contribution in [3.8, 4) is 11.5 Å². The maximum absolute atomic E-state index is 13.8. The Labute approximate surface area is 768 Å². The molecule has 636 valence electrons. The fourth-order valence-electron chi connectivity index (χ4n) is 17.5. The molecule has 15 aromatic rings. The molecule has 24 heteroatoms. The van der Waals surface area contributed by atoms with Gasteiger partial charge in [0.1, 0.15) is 11.5 Å². The molecule has 18 nitrogen and oxygen atoms in total. The first-order chi connectivity index (χ1) is 62.0. The van der Waals surface area contributed by atoms with Gasteiger partial charge < -0.3 is 29.1 Å². The summed E-state index contributed by atoms with van der Waals surface area (Å²) in [5.41, 5.74) is 20.6. The van der Waals surface area contributed by atoms with Crippen LogP contribution in [-0.4, -0.2) is 53.8 Å². The molecule has 0 N–H and O–H groups in total. The zero-order valence-corrected chi connectivity index (χ0v) is 73.4. The molecule has 0 fully saturated rings. The van der Waals surface area contributed by atoms with E-state index in [1.54, 1.807) is 41.1 Å². The summed E-state index contributed by atoms with van der Waals surface area (Å²) >= 11 is 39.6. The lowest BCUT2D eigenvalue weighted by atomic mass is 9.82. The standard InChI is InChI=1S/2C28H20Cl2N2O4.C27H19ClN2O3.C21H18ClN/c1-36-25-8-4-5-18-16-31(28(33)17-9-12-20(13-10-17)32(34)35)24-14-11-19(29)15-22(24)27(26(18)25)21-6-2-3-7-23(21)30;1-36-21-11-12-22-18(14-21)16-31(28(33)17-6-9-20(10-7-17)32(34)35)26-13-8-19(29)15-24(26)27(22)23-4-2-3-5-25(23)30;28-24-11-5-3-9-22(24)26-21-8-2-1-7-19(21)17-29(25-12-6-4-10-23(25)26)27(31)18-13-15-20(16-14-18)30(32)33;1-23-14-15-8-2-3-9-16(15)21(17-10-4-6-12-19(17)22)18-11-5-7-13-20(18)23/h2*2-15,27H,16H2,1H3;1-16,26H,17H2;2-13,21H,14H2,1H3. The number of amides is 3. The molecule has 15 aromatic carbocycles. The van der Waals surface area contributed by atoms with Crippen LogP contribution in [0, 0.1) is 30.3 Å². The van der Waals surface area contributed by atoms with Crippen LogP contribution in [0.1, 0.15) is 144 Å². The molecule has 4 atom stereocenters. The Hall–Kier alpha value is -14.0. The van der Waals surface area contributed by atoms with Crippen LogP contribution in [0.25, 0.3) is 0 Å². The van der Waals surface area contributed by atoms with Gasteiger partial charge in [0.2, 0.25) is 0 Å². The van der Waals surface area contributed by atoms with Crippen LogP contribution in [0.4, 0.5) is 39.8 Å². The highest BCUT2D eigenvalue weighted by Crippen LogP contribution is 2.52. The highest BCUT2D eigenvalue weighted by molar-refractivity contribution is 6.33. The van der Waals surface area contributed by atoms with Gasteiger partial charge in [0, 0.05) is 149 Å². The first-order valence-electron chi connectivity index (χ1n) is 40.7. The Morgan fingerprint density at radius 1 is 0.297 bits per heavy atom. The van der Waals surface area contributed by atoms with Crippen molar-refractivity contribution in [2.24, 2.45) is 0 Å². The van der Waals surface area contributed by atoms with Gasteiger partial charge in [0.15, 0.2) is 0 Å². The summed E-state index contributed by atoms with van der Waals surface area (Å²) in [6.45, 7) is 1.81. The minimum absolute atomic E-state index is 0.0491. The normalized spacial score (nSPS) is 14.9. The number of para-hydroxylation sites is 2. The Balaban J connectivity index is 0.000000127. The molecule has 19 rings (SSSR count). The second-order valence-corrected chi connectivity index (χ2v) is 33.3. The molecule has 4 aliphatic rings. The van der Waals surface area contributed by atoms with Crippen LogP contribution in [0.15, 0.2) is 340 Å². The van der Waals surface area contributed by atoms with E-state index in [0.29, 0.717) is 71.2 Å². The van der Waals surface area contributed by atoms with Crippen molar-refractivity contribution in [3.05, 3.63) is 506 Å². The SMILES string of the molecule is CN1Cc2ccccc2C(c2ccccc2Cl)c2ccccc21.COc1ccc2c(c1)CN(C(=O)c1ccc([N+](=O)[O-])cc1)c1ccc(Cl)cc1C2c1ccccc1Cl.COc1cccc2c1C(c1ccccc1Cl)c1cc(Cl)ccc1N(C(=O)c1ccc([N+](=O)[O-])cc1)C2.O=C(c1ccc([N+](=O)[O-])cc1)N1Cc2ccccc2C(c2ccccc2Cl)c2ccccc21. The Kier molecular flexibility index (Phi) is 26.3. The Morgan fingerprint density at radius 3 is 1.03 bits per heavy atom. The number of carbonyl (C=O) groups excluding carboxylic acids is 3. The fourth-order valence-corrected chi connectivity index (χ4v) is 18.8. The molecule has 0 spiro atoms. The van der Waals surface area contributed by atoms with Crippen molar-refractivity contribution < 1.29 is 38.6 Å². The summed E-state index contributed by atoms with van der Waals surface area (Å²) in [4.78, 5) is 80.5. The number of halogens is 6. The van der Waals surface area contributed by atoms with Gasteiger partial charge in [-0.3, -0.25) is 44.7 Å². The van der Waals surface area contributed by atoms with Gasteiger partial charge in [-0.15, -0.1) is 0 Å². The second-order valence-electron chi connectivity index (χ2n) is 30.8. The third kappa shape index (κ3) is 18.0. The third-order valence-corrected chi connectivity index (χ3v) is 25.3. The van der Waals surface area contributed by atoms with Crippen molar-refractivity contribution in [1.29, 1.82) is 0 Å². The number of anilines is 4. The van der Waals surface area contributed by atoms with Gasteiger partial charge in [-0.2, -0.15) is 0 Å². The lowest BCUT2D eigenvalue weighted by molar-refractivity contribution is -0.385. The number of nitrogens with zero attached hydrogens (tertiary/aromatic N) is 7. The summed E-state index contributed by atoms with van der Waals surface area (Å²) in [6.07, 6.45) is 0. The molecule has 4 heterocycles. The van der Waals surface area contributed by atoms with E-state index < -0.39 is 14.8 Å². The molecule has 0 bridgehead atoms. The van der Waals surface area contributed by atoms with E-state index >= 15 is 0 Å². The van der Waals surface area contributed by atoms with E-state index in [0.717, 1.165) is 84.0 Å². The summed E-state index contributed by atoms with van der Waals surface area (Å²) in [6, 6.07) is 104. The number of carbonyl (C=O) groups is 3. The topological polar surface area (TPSA) is 212 Å². The highest BCUT2D eigenvalue weighted by Gasteiger charge is 2.39. The molecule has 4 unspecified atom stereocenters. The van der Waals surface area contributed by atoms with Crippen LogP contribution in [0.5, 0.6) is 11.5 Å². The molecule has 0 saturated heterocycles. The summed E-state index contributed by atoms with van der Waals surface area (Å²) in [5.74, 6) is -0.0691. The third-order valence-electron chi connectivity index (χ3n) is 23.4.